The molecule has 10 heteroatoms. The van der Waals surface area contributed by atoms with Crippen LogP contribution in [0, 0.1) is 29.6 Å². The Hall–Kier alpha value is -2.90. The summed E-state index contributed by atoms with van der Waals surface area (Å²) < 4.78 is 32.5. The Morgan fingerprint density at radius 1 is 1.40 bits per heavy atom. The minimum Gasteiger partial charge on any atom is -0.496 e. The topological polar surface area (TPSA) is 123 Å². The van der Waals surface area contributed by atoms with Gasteiger partial charge in [0.2, 0.25) is 0 Å². The van der Waals surface area contributed by atoms with Gasteiger partial charge in [-0.2, -0.15) is 5.26 Å². The molecule has 8 nitrogen and oxygen atoms in total. The Labute approximate surface area is 205 Å². The fourth-order valence-electron chi connectivity index (χ4n) is 4.93. The summed E-state index contributed by atoms with van der Waals surface area (Å²) in [6.07, 6.45) is 0.932. The molecule has 1 aromatic rings. The van der Waals surface area contributed by atoms with Crippen LogP contribution in [0.3, 0.4) is 0 Å². The summed E-state index contributed by atoms with van der Waals surface area (Å²) in [7, 11) is 1.61. The summed E-state index contributed by atoms with van der Waals surface area (Å²) in [5.74, 6) is -0.290. The highest BCUT2D eigenvalue weighted by Crippen LogP contribution is 2.42. The number of nitrogens with zero attached hydrogens (tertiary/aromatic N) is 4. The molecule has 2 aliphatic heterocycles. The van der Waals surface area contributed by atoms with Crippen LogP contribution < -0.4 is 15.8 Å². The molecule has 1 fully saturated rings. The third kappa shape index (κ3) is 5.68. The van der Waals surface area contributed by atoms with Crippen LogP contribution in [0.4, 0.5) is 8.78 Å². The van der Waals surface area contributed by atoms with Crippen LogP contribution in [0.1, 0.15) is 67.3 Å². The molecule has 0 bridgehead atoms. The van der Waals surface area contributed by atoms with Crippen LogP contribution in [-0.4, -0.2) is 62.1 Å². The maximum atomic E-state index is 13.3. The van der Waals surface area contributed by atoms with E-state index < -0.39 is 30.3 Å². The summed E-state index contributed by atoms with van der Waals surface area (Å²) in [6.45, 7) is 8.87. The van der Waals surface area contributed by atoms with Crippen molar-refractivity contribution in [2.45, 2.75) is 64.6 Å². The second-order valence-electron chi connectivity index (χ2n) is 9.25. The molecule has 3 rings (SSSR count). The first-order chi connectivity index (χ1) is 16.7. The number of rotatable bonds is 11. The average Bonchev–Trinajstić information content (AvgIpc) is 2.80. The minimum atomic E-state index is -2.97. The van der Waals surface area contributed by atoms with Gasteiger partial charge in [0.1, 0.15) is 24.1 Å². The monoisotopic (exact) mass is 487 g/mol. The number of nitrogens with two attached hydrogens (primary N) is 1. The number of benzene rings is 1. The van der Waals surface area contributed by atoms with Crippen LogP contribution in [-0.2, 0) is 0 Å². The number of likely N-dealkylation sites (tertiary alicyclic amines) is 1. The lowest BCUT2D eigenvalue weighted by Gasteiger charge is -2.41. The Bertz CT molecular complexity index is 1030. The van der Waals surface area contributed by atoms with Crippen LogP contribution in [0.5, 0.6) is 5.75 Å². The second-order valence-corrected chi connectivity index (χ2v) is 9.25. The highest BCUT2D eigenvalue weighted by atomic mass is 19.3. The molecule has 0 spiro atoms. The molecule has 0 saturated carbocycles. The SMILES string of the molecule is CCCCCN1CC(c2c(C)c(C#N)cc(C(C)NC3N=CN=C(N)C3C(=N)C(F)F)c2OC)C1. The predicted molar refractivity (Wildman–Crippen MR) is 134 cm³/mol. The van der Waals surface area contributed by atoms with E-state index in [0.29, 0.717) is 11.3 Å². The predicted octanol–water partition coefficient (Wildman–Crippen LogP) is 3.74. The maximum Gasteiger partial charge on any atom is 0.276 e. The van der Waals surface area contributed by atoms with Crippen molar-refractivity contribution in [3.8, 4) is 11.8 Å². The van der Waals surface area contributed by atoms with E-state index in [4.69, 9.17) is 15.9 Å². The van der Waals surface area contributed by atoms with E-state index in [0.717, 1.165) is 36.3 Å². The van der Waals surface area contributed by atoms with E-state index in [1.54, 1.807) is 13.2 Å². The minimum absolute atomic E-state index is 0.0816. The van der Waals surface area contributed by atoms with Gasteiger partial charge in [0.25, 0.3) is 6.43 Å². The zero-order chi connectivity index (χ0) is 25.7. The van der Waals surface area contributed by atoms with Crippen molar-refractivity contribution < 1.29 is 13.5 Å². The Morgan fingerprint density at radius 3 is 2.71 bits per heavy atom. The van der Waals surface area contributed by atoms with Crippen LogP contribution in [0.15, 0.2) is 16.1 Å². The summed E-state index contributed by atoms with van der Waals surface area (Å²) in [5, 5.41) is 20.9. The molecular formula is C25H35F2N7O. The fraction of sp³-hybridized carbons (Fsp3) is 0.600. The van der Waals surface area contributed by atoms with Gasteiger partial charge in [0.15, 0.2) is 0 Å². The van der Waals surface area contributed by atoms with Crippen LogP contribution >= 0.6 is 0 Å². The number of methoxy groups -OCH3 is 1. The first-order valence-corrected chi connectivity index (χ1v) is 12.0. The van der Waals surface area contributed by atoms with Gasteiger partial charge in [-0.25, -0.2) is 13.8 Å². The molecule has 0 aromatic heterocycles. The summed E-state index contributed by atoms with van der Waals surface area (Å²) in [4.78, 5) is 10.4. The number of halogens is 2. The van der Waals surface area contributed by atoms with Gasteiger partial charge in [-0.15, -0.1) is 0 Å². The summed E-state index contributed by atoms with van der Waals surface area (Å²) >= 11 is 0. The zero-order valence-corrected chi connectivity index (χ0v) is 20.8. The molecule has 190 valence electrons. The number of aliphatic imine (C=N–C) groups is 2. The van der Waals surface area contributed by atoms with Gasteiger partial charge in [-0.3, -0.25) is 10.3 Å². The first-order valence-electron chi connectivity index (χ1n) is 12.0. The van der Waals surface area contributed by atoms with Crippen molar-refractivity contribution in [2.24, 2.45) is 21.6 Å². The number of amidine groups is 1. The van der Waals surface area contributed by atoms with Crippen molar-refractivity contribution in [3.63, 3.8) is 0 Å². The van der Waals surface area contributed by atoms with E-state index in [-0.39, 0.29) is 11.8 Å². The Balaban J connectivity index is 1.88. The molecule has 35 heavy (non-hydrogen) atoms. The number of hydrogen-bond donors (Lipinski definition) is 3. The smallest absolute Gasteiger partial charge is 0.276 e. The van der Waals surface area contributed by atoms with Crippen molar-refractivity contribution in [1.29, 1.82) is 10.7 Å². The highest BCUT2D eigenvalue weighted by molar-refractivity contribution is 6.09. The van der Waals surface area contributed by atoms with E-state index in [2.05, 4.69) is 33.2 Å². The lowest BCUT2D eigenvalue weighted by atomic mass is 9.83. The number of alkyl halides is 2. The molecule has 1 aromatic carbocycles. The maximum absolute atomic E-state index is 13.3. The van der Waals surface area contributed by atoms with Crippen LogP contribution in [0.2, 0.25) is 0 Å². The first kappa shape index (κ1) is 26.7. The van der Waals surface area contributed by atoms with Gasteiger partial charge in [0.05, 0.1) is 30.4 Å². The van der Waals surface area contributed by atoms with Gasteiger partial charge in [0, 0.05) is 36.2 Å². The molecule has 2 heterocycles. The Morgan fingerprint density at radius 2 is 2.11 bits per heavy atom. The van der Waals surface area contributed by atoms with Gasteiger partial charge >= 0.3 is 0 Å². The number of unbranched alkanes of at least 4 members (excludes halogenated alkanes) is 2. The van der Waals surface area contributed by atoms with Gasteiger partial charge in [-0.1, -0.05) is 19.8 Å². The molecule has 3 unspecified atom stereocenters. The second kappa shape index (κ2) is 11.7. The molecule has 3 atom stereocenters. The third-order valence-electron chi connectivity index (χ3n) is 6.91. The molecule has 0 radical (unpaired) electrons. The molecule has 1 saturated heterocycles. The number of nitrogens with one attached hydrogen (secondary N) is 2. The van der Waals surface area contributed by atoms with Crippen molar-refractivity contribution in [2.75, 3.05) is 26.7 Å². The quantitative estimate of drug-likeness (QED) is 0.324. The van der Waals surface area contributed by atoms with E-state index >= 15 is 0 Å². The number of nitriles is 1. The molecule has 0 amide bonds. The lowest BCUT2D eigenvalue weighted by molar-refractivity contribution is 0.143. The average molecular weight is 488 g/mol. The van der Waals surface area contributed by atoms with Crippen molar-refractivity contribution in [3.05, 3.63) is 28.3 Å². The van der Waals surface area contributed by atoms with Gasteiger partial charge in [-0.05, 0) is 38.4 Å². The van der Waals surface area contributed by atoms with Crippen molar-refractivity contribution in [1.82, 2.24) is 10.2 Å². The van der Waals surface area contributed by atoms with E-state index in [9.17, 15) is 14.0 Å². The lowest BCUT2D eigenvalue weighted by Crippen LogP contribution is -2.49. The molecule has 0 aliphatic carbocycles. The van der Waals surface area contributed by atoms with Crippen LogP contribution in [0.25, 0.3) is 0 Å². The molecular weight excluding hydrogens is 452 g/mol. The zero-order valence-electron chi connectivity index (χ0n) is 20.8. The van der Waals surface area contributed by atoms with Crippen molar-refractivity contribution >= 4 is 17.9 Å². The van der Waals surface area contributed by atoms with E-state index in [1.165, 1.54) is 25.6 Å². The largest absolute Gasteiger partial charge is 0.496 e. The Kier molecular flexibility index (Phi) is 8.92. The standard InChI is InChI=1S/C25H35F2N7O/c1-5-6-7-8-34-11-17(12-34)19-14(2)16(10-28)9-18(22(19)35-4)15(3)33-25-20(21(29)23(26)27)24(30)31-13-32-25/h9,13,15,17,20,23,25,29,33H,5-8,11-12H2,1-4H3,(H2,30,31,32). The summed E-state index contributed by atoms with van der Waals surface area (Å²) in [5.41, 5.74) is 8.25. The number of ether oxygens (including phenoxy) is 1. The molecule has 2 aliphatic rings. The fourth-order valence-corrected chi connectivity index (χ4v) is 4.93. The normalized spacial score (nSPS) is 21.4. The highest BCUT2D eigenvalue weighted by Gasteiger charge is 2.37. The van der Waals surface area contributed by atoms with Gasteiger partial charge < -0.3 is 20.8 Å². The number of hydrogen-bond acceptors (Lipinski definition) is 8. The summed E-state index contributed by atoms with van der Waals surface area (Å²) in [6, 6.07) is 3.66. The van der Waals surface area contributed by atoms with E-state index in [1.807, 2.05) is 13.8 Å². The third-order valence-corrected chi connectivity index (χ3v) is 6.91. The molecule has 4 N–H and O–H groups in total.